The van der Waals surface area contributed by atoms with Gasteiger partial charge in [-0.1, -0.05) is 50.0 Å². The molecule has 0 radical (unpaired) electrons. The van der Waals surface area contributed by atoms with Gasteiger partial charge in [-0.15, -0.1) is 6.58 Å². The van der Waals surface area contributed by atoms with E-state index in [0.29, 0.717) is 12.4 Å². The van der Waals surface area contributed by atoms with E-state index < -0.39 is 6.16 Å². The van der Waals surface area contributed by atoms with Crippen molar-refractivity contribution < 1.29 is 14.3 Å². The zero-order chi connectivity index (χ0) is 14.5. The van der Waals surface area contributed by atoms with E-state index in [9.17, 15) is 4.79 Å². The Morgan fingerprint density at radius 3 is 2.35 bits per heavy atom. The van der Waals surface area contributed by atoms with E-state index in [1.54, 1.807) is 12.1 Å². The molecule has 1 rings (SSSR count). The monoisotopic (exact) mass is 276 g/mol. The van der Waals surface area contributed by atoms with Gasteiger partial charge in [-0.25, -0.2) is 4.79 Å². The average molecular weight is 276 g/mol. The first-order valence-electron chi connectivity index (χ1n) is 7.33. The summed E-state index contributed by atoms with van der Waals surface area (Å²) in [6.07, 6.45) is 9.34. The van der Waals surface area contributed by atoms with Gasteiger partial charge in [0, 0.05) is 0 Å². The van der Waals surface area contributed by atoms with Crippen LogP contribution in [0.4, 0.5) is 4.79 Å². The standard InChI is InChI=1S/C17H24O3/c1-2-3-4-5-6-7-8-12-15-19-17(18)20-16-13-10-9-11-14-16/h2,9-11,13-14H,1,3-8,12,15H2. The van der Waals surface area contributed by atoms with E-state index in [1.165, 1.54) is 25.7 Å². The number of ether oxygens (including phenoxy) is 2. The fourth-order valence-corrected chi connectivity index (χ4v) is 1.87. The summed E-state index contributed by atoms with van der Waals surface area (Å²) in [4.78, 5) is 11.4. The van der Waals surface area contributed by atoms with Crippen LogP contribution in [0.5, 0.6) is 5.75 Å². The SMILES string of the molecule is C=CCCCCCCCCOC(=O)Oc1ccccc1. The van der Waals surface area contributed by atoms with Gasteiger partial charge in [0.2, 0.25) is 0 Å². The van der Waals surface area contributed by atoms with Crippen molar-refractivity contribution in [2.24, 2.45) is 0 Å². The number of carbonyl (C=O) groups is 1. The van der Waals surface area contributed by atoms with Gasteiger partial charge in [-0.05, 0) is 31.4 Å². The van der Waals surface area contributed by atoms with Crippen molar-refractivity contribution >= 4 is 6.16 Å². The Labute approximate surface area is 121 Å². The van der Waals surface area contributed by atoms with Crippen molar-refractivity contribution in [3.05, 3.63) is 43.0 Å². The Bertz CT molecular complexity index is 373. The van der Waals surface area contributed by atoms with Crippen LogP contribution in [0.25, 0.3) is 0 Å². The fraction of sp³-hybridized carbons (Fsp3) is 0.471. The maximum atomic E-state index is 11.4. The molecule has 0 N–H and O–H groups in total. The molecule has 0 saturated heterocycles. The van der Waals surface area contributed by atoms with E-state index >= 15 is 0 Å². The Morgan fingerprint density at radius 2 is 1.65 bits per heavy atom. The van der Waals surface area contributed by atoms with Crippen LogP contribution in [0.15, 0.2) is 43.0 Å². The molecule has 0 saturated carbocycles. The van der Waals surface area contributed by atoms with Gasteiger partial charge in [0.1, 0.15) is 5.75 Å². The van der Waals surface area contributed by atoms with Crippen LogP contribution in [0, 0.1) is 0 Å². The van der Waals surface area contributed by atoms with Gasteiger partial charge < -0.3 is 9.47 Å². The quantitative estimate of drug-likeness (QED) is 0.257. The van der Waals surface area contributed by atoms with Crippen LogP contribution in [0.1, 0.15) is 44.9 Å². The molecule has 110 valence electrons. The Kier molecular flexibility index (Phi) is 9.03. The summed E-state index contributed by atoms with van der Waals surface area (Å²) < 4.78 is 10.0. The molecule has 0 aliphatic rings. The predicted molar refractivity (Wildman–Crippen MR) is 80.9 cm³/mol. The van der Waals surface area contributed by atoms with E-state index in [-0.39, 0.29) is 0 Å². The van der Waals surface area contributed by atoms with Crippen molar-refractivity contribution in [2.45, 2.75) is 44.9 Å². The molecule has 3 nitrogen and oxygen atoms in total. The zero-order valence-electron chi connectivity index (χ0n) is 12.1. The minimum Gasteiger partial charge on any atom is -0.434 e. The first-order valence-corrected chi connectivity index (χ1v) is 7.33. The normalized spacial score (nSPS) is 10.0. The predicted octanol–water partition coefficient (Wildman–Crippen LogP) is 5.12. The highest BCUT2D eigenvalue weighted by molar-refractivity contribution is 5.63. The lowest BCUT2D eigenvalue weighted by molar-refractivity contribution is 0.0973. The van der Waals surface area contributed by atoms with Crippen LogP contribution >= 0.6 is 0 Å². The molecule has 0 fully saturated rings. The molecule has 0 aliphatic carbocycles. The van der Waals surface area contributed by atoms with Gasteiger partial charge in [0.05, 0.1) is 6.61 Å². The zero-order valence-corrected chi connectivity index (χ0v) is 12.1. The third kappa shape index (κ3) is 8.35. The van der Waals surface area contributed by atoms with Gasteiger partial charge in [0.25, 0.3) is 0 Å². The van der Waals surface area contributed by atoms with E-state index in [0.717, 1.165) is 19.3 Å². The third-order valence-electron chi connectivity index (χ3n) is 2.97. The number of para-hydroxylation sites is 1. The van der Waals surface area contributed by atoms with Crippen molar-refractivity contribution in [1.29, 1.82) is 0 Å². The summed E-state index contributed by atoms with van der Waals surface area (Å²) >= 11 is 0. The summed E-state index contributed by atoms with van der Waals surface area (Å²) in [6, 6.07) is 8.95. The van der Waals surface area contributed by atoms with E-state index in [4.69, 9.17) is 9.47 Å². The van der Waals surface area contributed by atoms with Crippen LogP contribution < -0.4 is 4.74 Å². The third-order valence-corrected chi connectivity index (χ3v) is 2.97. The molecular formula is C17H24O3. The minimum atomic E-state index is -0.623. The first-order chi connectivity index (χ1) is 9.83. The lowest BCUT2D eigenvalue weighted by Gasteiger charge is -2.05. The van der Waals surface area contributed by atoms with E-state index in [2.05, 4.69) is 6.58 Å². The molecule has 3 heteroatoms. The Balaban J connectivity index is 1.93. The largest absolute Gasteiger partial charge is 0.513 e. The second-order valence-electron chi connectivity index (χ2n) is 4.71. The molecule has 0 aliphatic heterocycles. The molecule has 0 amide bonds. The highest BCUT2D eigenvalue weighted by Gasteiger charge is 2.04. The summed E-state index contributed by atoms with van der Waals surface area (Å²) in [6.45, 7) is 4.13. The van der Waals surface area contributed by atoms with Gasteiger partial charge in [-0.3, -0.25) is 0 Å². The molecule has 0 aromatic heterocycles. The Hall–Kier alpha value is -1.77. The van der Waals surface area contributed by atoms with Gasteiger partial charge >= 0.3 is 6.16 Å². The summed E-state index contributed by atoms with van der Waals surface area (Å²) in [5, 5.41) is 0. The maximum absolute atomic E-state index is 11.4. The number of hydrogen-bond acceptors (Lipinski definition) is 3. The van der Waals surface area contributed by atoms with Gasteiger partial charge in [0.15, 0.2) is 0 Å². The second kappa shape index (κ2) is 11.1. The molecule has 0 spiro atoms. The van der Waals surface area contributed by atoms with Crippen molar-refractivity contribution in [1.82, 2.24) is 0 Å². The lowest BCUT2D eigenvalue weighted by atomic mass is 10.1. The molecule has 0 bridgehead atoms. The van der Waals surface area contributed by atoms with Gasteiger partial charge in [-0.2, -0.15) is 0 Å². The molecule has 0 heterocycles. The van der Waals surface area contributed by atoms with Crippen LogP contribution in [-0.2, 0) is 4.74 Å². The number of allylic oxidation sites excluding steroid dienone is 1. The lowest BCUT2D eigenvalue weighted by Crippen LogP contribution is -2.11. The molecule has 1 aromatic rings. The molecule has 1 aromatic carbocycles. The highest BCUT2D eigenvalue weighted by Crippen LogP contribution is 2.10. The average Bonchev–Trinajstić information content (AvgIpc) is 2.46. The second-order valence-corrected chi connectivity index (χ2v) is 4.71. The number of rotatable bonds is 10. The van der Waals surface area contributed by atoms with Crippen LogP contribution in [0.3, 0.4) is 0 Å². The van der Waals surface area contributed by atoms with Crippen LogP contribution in [-0.4, -0.2) is 12.8 Å². The number of hydrogen-bond donors (Lipinski definition) is 0. The van der Waals surface area contributed by atoms with Crippen molar-refractivity contribution in [2.75, 3.05) is 6.61 Å². The summed E-state index contributed by atoms with van der Waals surface area (Å²) in [5.74, 6) is 0.514. The first kappa shape index (κ1) is 16.3. The van der Waals surface area contributed by atoms with E-state index in [1.807, 2.05) is 24.3 Å². The number of unbranched alkanes of at least 4 members (excludes halogenated alkanes) is 6. The number of benzene rings is 1. The molecule has 0 unspecified atom stereocenters. The number of carbonyl (C=O) groups excluding carboxylic acids is 1. The highest BCUT2D eigenvalue weighted by atomic mass is 16.7. The smallest absolute Gasteiger partial charge is 0.434 e. The summed E-state index contributed by atoms with van der Waals surface area (Å²) in [5.41, 5.74) is 0. The summed E-state index contributed by atoms with van der Waals surface area (Å²) in [7, 11) is 0. The topological polar surface area (TPSA) is 35.5 Å². The fourth-order valence-electron chi connectivity index (χ4n) is 1.87. The maximum Gasteiger partial charge on any atom is 0.513 e. The van der Waals surface area contributed by atoms with Crippen molar-refractivity contribution in [3.63, 3.8) is 0 Å². The Morgan fingerprint density at radius 1 is 1.00 bits per heavy atom. The van der Waals surface area contributed by atoms with Crippen molar-refractivity contribution in [3.8, 4) is 5.75 Å². The minimum absolute atomic E-state index is 0.429. The molecular weight excluding hydrogens is 252 g/mol. The molecule has 20 heavy (non-hydrogen) atoms. The molecule has 0 atom stereocenters. The van der Waals surface area contributed by atoms with Crippen LogP contribution in [0.2, 0.25) is 0 Å².